The van der Waals surface area contributed by atoms with E-state index >= 15 is 0 Å². The van der Waals surface area contributed by atoms with Gasteiger partial charge in [0.15, 0.2) is 0 Å². The van der Waals surface area contributed by atoms with Crippen molar-refractivity contribution in [2.75, 3.05) is 49.1 Å². The van der Waals surface area contributed by atoms with E-state index in [4.69, 9.17) is 0 Å². The molecule has 0 spiro atoms. The third kappa shape index (κ3) is 16.9. The van der Waals surface area contributed by atoms with Gasteiger partial charge in [0.05, 0.1) is 109 Å². The average Bonchev–Trinajstić information content (AvgIpc) is 3.36. The zero-order chi connectivity index (χ0) is 51.9. The van der Waals surface area contributed by atoms with Crippen molar-refractivity contribution in [1.82, 2.24) is 0 Å². The molecule has 380 valence electrons. The number of nitrogens with zero attached hydrogens (tertiary/aromatic N) is 2. The Kier molecular flexibility index (Phi) is 27.7. The number of hydrogen-bond acceptors (Lipinski definition) is 14. The quantitative estimate of drug-likeness (QED) is 0.110. The molecule has 0 aliphatic carbocycles. The van der Waals surface area contributed by atoms with Crippen LogP contribution in [0.3, 0.4) is 0 Å². The van der Waals surface area contributed by atoms with Crippen LogP contribution in [0.1, 0.15) is 104 Å². The maximum atomic E-state index is 11.6. The van der Waals surface area contributed by atoms with Crippen molar-refractivity contribution in [2.24, 2.45) is 0 Å². The Morgan fingerprint density at radius 1 is 0.292 bits per heavy atom. The van der Waals surface area contributed by atoms with Crippen LogP contribution < -0.4 is 50.2 Å². The number of anilines is 6. The molecule has 0 unspecified atom stereocenters. The Hall–Kier alpha value is -7.30. The minimum atomic E-state index is -1.50. The predicted octanol–water partition coefficient (Wildman–Crippen LogP) is 0.351. The topological polar surface area (TPSA) is 256 Å². The third-order valence-electron chi connectivity index (χ3n) is 11.2. The van der Waals surface area contributed by atoms with Crippen LogP contribution in [0.25, 0.3) is 0 Å². The maximum absolute atomic E-state index is 11.6. The number of carboxylic acids is 6. The summed E-state index contributed by atoms with van der Waals surface area (Å²) in [6.07, 6.45) is 0. The second kappa shape index (κ2) is 31.8. The molecule has 6 rings (SSSR count). The molecule has 0 saturated carbocycles. The summed E-state index contributed by atoms with van der Waals surface area (Å²) in [5, 5.41) is 69.8. The summed E-state index contributed by atoms with van der Waals surface area (Å²) >= 11 is 0. The summed E-state index contributed by atoms with van der Waals surface area (Å²) in [5.41, 5.74) is -1.28. The van der Waals surface area contributed by atoms with Crippen molar-refractivity contribution < 1.29 is 103 Å². The average molecular weight is 1060 g/mol. The van der Waals surface area contributed by atoms with Gasteiger partial charge in [-0.2, -0.15) is 0 Å². The largest absolute Gasteiger partial charge is 2.00 e. The molecule has 0 saturated heterocycles. The minimum Gasteiger partial charge on any atom is -0.545 e. The van der Waals surface area contributed by atoms with E-state index in [9.17, 15) is 59.4 Å². The molecule has 6 aromatic carbocycles. The molecule has 72 heavy (non-hydrogen) atoms. The molecule has 0 aromatic heterocycles. The van der Waals surface area contributed by atoms with Gasteiger partial charge >= 0.3 is 34.1 Å². The first-order valence-corrected chi connectivity index (χ1v) is 22.6. The van der Waals surface area contributed by atoms with Crippen molar-refractivity contribution in [3.8, 4) is 0 Å². The third-order valence-corrected chi connectivity index (χ3v) is 11.2. The number of carbonyl (C=O) groups excluding carboxylic acids is 6. The fourth-order valence-electron chi connectivity index (χ4n) is 7.33. The Morgan fingerprint density at radius 3 is 0.514 bits per heavy atom. The molecule has 0 fully saturated rings. The number of carbonyl (C=O) groups is 6. The molecule has 16 nitrogen and oxygen atoms in total. The van der Waals surface area contributed by atoms with E-state index in [1.54, 1.807) is 9.80 Å². The van der Waals surface area contributed by atoms with E-state index in [0.717, 1.165) is 0 Å². The summed E-state index contributed by atoms with van der Waals surface area (Å²) in [6, 6.07) is 34.3. The molecule has 2 N–H and O–H groups in total. The van der Waals surface area contributed by atoms with Crippen molar-refractivity contribution in [3.05, 3.63) is 179 Å². The van der Waals surface area contributed by atoms with Crippen LogP contribution in [0.5, 0.6) is 0 Å². The molecule has 0 aliphatic heterocycles. The molecule has 0 aliphatic rings. The first kappa shape index (κ1) is 62.7. The smallest absolute Gasteiger partial charge is 0.545 e. The molecule has 6 aromatic rings. The van der Waals surface area contributed by atoms with Crippen LogP contribution >= 0.6 is 0 Å². The van der Waals surface area contributed by atoms with Crippen LogP contribution in [-0.2, 0) is 34.1 Å². The van der Waals surface area contributed by atoms with Crippen molar-refractivity contribution in [1.29, 1.82) is 0 Å². The SMILES string of the molecule is CC[NH+](CC)CC.CC[NH+](CC)CC.O=C([O-])c1ccccc1N(c1ccccc1C(=O)[O-])c1ccccc1C(=O)[O-].O=C([O-])c1ccccc1N(c1ccccc1C(=O)[O-])c1ccccc1C(=O)[O-].[Fe+2].[Fe+2]. The van der Waals surface area contributed by atoms with Crippen molar-refractivity contribution in [3.63, 3.8) is 0 Å². The van der Waals surface area contributed by atoms with Crippen molar-refractivity contribution in [2.45, 2.75) is 41.5 Å². The molecule has 0 radical (unpaired) electrons. The fourth-order valence-corrected chi connectivity index (χ4v) is 7.33. The molecule has 18 heteroatoms. The standard InChI is InChI=1S/2C21H15NO6.2C6H15N.2Fe/c2*23-19(24)13-7-1-4-10-16(13)22(17-11-5-2-8-14(17)20(25)26)18-12-6-3-9-15(18)21(27)28;2*1-4-7(5-2)6-3;;/h2*1-12H,(H,23,24)(H,25,26)(H,27,28);2*4-6H2,1-3H3;;/q;;;;2*+2/p-4. The summed E-state index contributed by atoms with van der Waals surface area (Å²) in [5.74, 6) is -9.01. The number of aromatic carboxylic acids is 6. The van der Waals surface area contributed by atoms with Crippen LogP contribution in [0.4, 0.5) is 34.1 Å². The van der Waals surface area contributed by atoms with Crippen LogP contribution in [0.15, 0.2) is 146 Å². The number of para-hydroxylation sites is 6. The van der Waals surface area contributed by atoms with E-state index in [0.29, 0.717) is 0 Å². The Labute approximate surface area is 440 Å². The van der Waals surface area contributed by atoms with Crippen molar-refractivity contribution >= 4 is 69.9 Å². The maximum Gasteiger partial charge on any atom is 2.00 e. The number of hydrogen-bond donors (Lipinski definition) is 2. The molecule has 0 bridgehead atoms. The predicted molar refractivity (Wildman–Crippen MR) is 253 cm³/mol. The van der Waals surface area contributed by atoms with Gasteiger partial charge < -0.3 is 79.0 Å². The van der Waals surface area contributed by atoms with Gasteiger partial charge in [-0.05, 0) is 77.9 Å². The Morgan fingerprint density at radius 2 is 0.417 bits per heavy atom. The zero-order valence-corrected chi connectivity index (χ0v) is 42.8. The normalized spacial score (nSPS) is 10.0. The number of rotatable bonds is 18. The molecular weight excluding hydrogens is 1010 g/mol. The molecule has 0 amide bonds. The summed E-state index contributed by atoms with van der Waals surface area (Å²) in [6.45, 7) is 21.0. The molecule has 0 atom stereocenters. The van der Waals surface area contributed by atoms with Gasteiger partial charge in [-0.25, -0.2) is 0 Å². The van der Waals surface area contributed by atoms with Gasteiger partial charge in [-0.15, -0.1) is 0 Å². The van der Waals surface area contributed by atoms with E-state index in [-0.39, 0.29) is 102 Å². The Balaban J connectivity index is 0.000000557. The van der Waals surface area contributed by atoms with E-state index in [1.807, 2.05) is 0 Å². The monoisotopic (exact) mass is 1060 g/mol. The Bertz CT molecular complexity index is 2260. The van der Waals surface area contributed by atoms with Gasteiger partial charge in [0.1, 0.15) is 0 Å². The van der Waals surface area contributed by atoms with Crippen LogP contribution in [-0.4, -0.2) is 75.1 Å². The van der Waals surface area contributed by atoms with Gasteiger partial charge in [0.25, 0.3) is 0 Å². The first-order chi connectivity index (χ1) is 33.5. The second-order valence-corrected chi connectivity index (χ2v) is 15.1. The summed E-state index contributed by atoms with van der Waals surface area (Å²) in [4.78, 5) is 75.6. The fraction of sp³-hybridized carbons (Fsp3) is 0.222. The van der Waals surface area contributed by atoms with Gasteiger partial charge in [0.2, 0.25) is 0 Å². The molecule has 0 heterocycles. The number of quaternary nitrogens is 2. The summed E-state index contributed by atoms with van der Waals surface area (Å²) in [7, 11) is 0. The number of nitrogens with one attached hydrogen (secondary N) is 2. The van der Waals surface area contributed by atoms with Gasteiger partial charge in [-0.1, -0.05) is 109 Å². The first-order valence-electron chi connectivity index (χ1n) is 22.6. The van der Waals surface area contributed by atoms with Gasteiger partial charge in [-0.3, -0.25) is 0 Å². The minimum absolute atomic E-state index is 0. The summed E-state index contributed by atoms with van der Waals surface area (Å²) < 4.78 is 0. The van der Waals surface area contributed by atoms with E-state index < -0.39 is 35.8 Å². The second-order valence-electron chi connectivity index (χ2n) is 15.1. The van der Waals surface area contributed by atoms with Crippen LogP contribution in [0.2, 0.25) is 0 Å². The zero-order valence-electron chi connectivity index (χ0n) is 40.6. The molecular formula is C54H56Fe2N4O12. The van der Waals surface area contributed by atoms with Crippen LogP contribution in [0, 0.1) is 0 Å². The van der Waals surface area contributed by atoms with E-state index in [1.165, 1.54) is 195 Å². The number of carboxylic acid groups (broad SMARTS) is 6. The van der Waals surface area contributed by atoms with Gasteiger partial charge in [0, 0.05) is 33.4 Å². The number of benzene rings is 6. The van der Waals surface area contributed by atoms with E-state index in [2.05, 4.69) is 41.5 Å².